The average molecular weight is 318 g/mol. The number of benzene rings is 1. The van der Waals surface area contributed by atoms with Crippen LogP contribution in [0.2, 0.25) is 0 Å². The number of hydrogen-bond donors (Lipinski definition) is 0. The van der Waals surface area contributed by atoms with E-state index in [1.54, 1.807) is 18.2 Å². The van der Waals surface area contributed by atoms with Gasteiger partial charge in [0, 0.05) is 26.1 Å². The van der Waals surface area contributed by atoms with E-state index in [0.717, 1.165) is 16.0 Å². The van der Waals surface area contributed by atoms with Crippen LogP contribution < -0.4 is 9.19 Å². The Kier molecular flexibility index (Phi) is 3.29. The van der Waals surface area contributed by atoms with Crippen LogP contribution in [-0.2, 0) is 0 Å². The first kappa shape index (κ1) is 11.9. The summed E-state index contributed by atoms with van der Waals surface area (Å²) in [6.45, 7) is 0. The second kappa shape index (κ2) is 4.72. The van der Waals surface area contributed by atoms with E-state index >= 15 is 0 Å². The van der Waals surface area contributed by atoms with Gasteiger partial charge in [0.25, 0.3) is 5.69 Å². The third kappa shape index (κ3) is 2.39. The lowest BCUT2D eigenvalue weighted by atomic mass is 10.3. The summed E-state index contributed by atoms with van der Waals surface area (Å²) >= 11 is 3.89. The van der Waals surface area contributed by atoms with Crippen molar-refractivity contribution in [2.45, 2.75) is 4.90 Å². The maximum absolute atomic E-state index is 11.0. The average Bonchev–Trinajstić information content (AvgIpc) is 2.61. The highest BCUT2D eigenvalue weighted by atomic mass is 79.9. The first-order valence-corrected chi connectivity index (χ1v) is 5.82. The summed E-state index contributed by atoms with van der Waals surface area (Å²) in [5.41, 5.74) is -0.0626. The minimum absolute atomic E-state index is 0.0626. The Labute approximate surface area is 107 Å². The van der Waals surface area contributed by atoms with Crippen LogP contribution >= 0.6 is 27.9 Å². The third-order valence-electron chi connectivity index (χ3n) is 1.78. The Morgan fingerprint density at radius 3 is 2.76 bits per heavy atom. The molecule has 2 aromatic rings. The van der Waals surface area contributed by atoms with Crippen LogP contribution in [-0.4, -0.2) is 10.2 Å². The van der Waals surface area contributed by atoms with E-state index in [1.165, 1.54) is 6.07 Å². The Bertz CT molecular complexity index is 574. The predicted molar refractivity (Wildman–Crippen MR) is 58.2 cm³/mol. The van der Waals surface area contributed by atoms with Gasteiger partial charge in [-0.2, -0.15) is 0 Å². The number of hydrogen-bond acceptors (Lipinski definition) is 6. The second-order valence-corrected chi connectivity index (χ2v) is 4.56. The Morgan fingerprint density at radius 1 is 1.47 bits per heavy atom. The van der Waals surface area contributed by atoms with E-state index in [2.05, 4.69) is 25.7 Å². The van der Waals surface area contributed by atoms with Crippen molar-refractivity contribution in [2.75, 3.05) is 0 Å². The largest absolute Gasteiger partial charge is 0.538 e. The monoisotopic (exact) mass is 317 g/mol. The van der Waals surface area contributed by atoms with Crippen LogP contribution in [0.3, 0.4) is 0 Å². The van der Waals surface area contributed by atoms with E-state index in [4.69, 9.17) is 0 Å². The van der Waals surface area contributed by atoms with Crippen LogP contribution in [0, 0.1) is 10.1 Å². The molecular weight excluding hydrogens is 314 g/mol. The van der Waals surface area contributed by atoms with Gasteiger partial charge in [0.2, 0.25) is 11.9 Å². The highest BCUT2D eigenvalue weighted by Gasteiger charge is 2.23. The van der Waals surface area contributed by atoms with Crippen molar-refractivity contribution in [2.24, 2.45) is 0 Å². The van der Waals surface area contributed by atoms with E-state index in [0.29, 0.717) is 4.90 Å². The van der Waals surface area contributed by atoms with Gasteiger partial charge in [-0.25, -0.2) is 0 Å². The van der Waals surface area contributed by atoms with Crippen molar-refractivity contribution >= 4 is 33.6 Å². The highest BCUT2D eigenvalue weighted by molar-refractivity contribution is 9.10. The topological polar surface area (TPSA) is 96.1 Å². The zero-order valence-electron chi connectivity index (χ0n) is 8.07. The van der Waals surface area contributed by atoms with Crippen LogP contribution in [0.25, 0.3) is 0 Å². The molecule has 0 aliphatic carbocycles. The van der Waals surface area contributed by atoms with Crippen LogP contribution in [0.5, 0.6) is 5.95 Å². The molecule has 0 saturated carbocycles. The lowest BCUT2D eigenvalue weighted by molar-refractivity contribution is -0.589. The van der Waals surface area contributed by atoms with Gasteiger partial charge in [-0.15, -0.1) is 0 Å². The number of nitro benzene ring substituents is 1. The van der Waals surface area contributed by atoms with Crippen LogP contribution in [0.1, 0.15) is 0 Å². The van der Waals surface area contributed by atoms with Crippen LogP contribution in [0.15, 0.2) is 38.3 Å². The van der Waals surface area contributed by atoms with E-state index in [9.17, 15) is 15.2 Å². The summed E-state index contributed by atoms with van der Waals surface area (Å²) in [6, 6.07) is 6.14. The van der Waals surface area contributed by atoms with Gasteiger partial charge >= 0.3 is 4.60 Å². The van der Waals surface area contributed by atoms with E-state index in [-0.39, 0.29) is 10.3 Å². The van der Waals surface area contributed by atoms with Gasteiger partial charge in [0.15, 0.2) is 10.8 Å². The summed E-state index contributed by atoms with van der Waals surface area (Å²) in [4.78, 5) is 10.6. The van der Waals surface area contributed by atoms with Crippen molar-refractivity contribution in [3.8, 4) is 5.95 Å². The molecule has 0 saturated heterocycles. The quantitative estimate of drug-likeness (QED) is 0.480. The molecule has 1 aromatic carbocycles. The highest BCUT2D eigenvalue weighted by Crippen LogP contribution is 2.28. The van der Waals surface area contributed by atoms with Gasteiger partial charge in [-0.3, -0.25) is 10.1 Å². The standard InChI is InChI=1S/C8H4BrN3O4S/c9-7-8(13)16-10-11(7)17-6-4-2-1-3-5(6)12(14)15/h1-4H. The second-order valence-electron chi connectivity index (χ2n) is 2.84. The number of nitrogens with zero attached hydrogens (tertiary/aromatic N) is 3. The maximum atomic E-state index is 11.0. The molecule has 0 fully saturated rings. The number of para-hydroxylation sites is 1. The van der Waals surface area contributed by atoms with Crippen molar-refractivity contribution in [1.29, 1.82) is 0 Å². The summed E-state index contributed by atoms with van der Waals surface area (Å²) < 4.78 is 5.60. The zero-order valence-corrected chi connectivity index (χ0v) is 10.5. The fourth-order valence-corrected chi connectivity index (χ4v) is 2.20. The summed E-state index contributed by atoms with van der Waals surface area (Å²) in [7, 11) is 0. The molecule has 17 heavy (non-hydrogen) atoms. The SMILES string of the molecule is O=[N+]([O-])c1ccccc1S[n+]1noc([O-])c1Br. The molecule has 0 spiro atoms. The van der Waals surface area contributed by atoms with Crippen molar-refractivity contribution in [3.63, 3.8) is 0 Å². The van der Waals surface area contributed by atoms with Gasteiger partial charge in [-0.05, 0) is 6.07 Å². The molecular formula is C8H4BrN3O4S. The number of nitro groups is 1. The van der Waals surface area contributed by atoms with E-state index in [1.807, 2.05) is 0 Å². The van der Waals surface area contributed by atoms with Crippen molar-refractivity contribution in [3.05, 3.63) is 39.0 Å². The van der Waals surface area contributed by atoms with Gasteiger partial charge in [0.05, 0.1) is 10.2 Å². The minimum Gasteiger partial charge on any atom is -0.538 e. The molecule has 0 aliphatic heterocycles. The number of rotatable bonds is 3. The molecule has 0 N–H and O–H groups in total. The molecule has 88 valence electrons. The molecule has 2 rings (SSSR count). The molecule has 0 aliphatic rings. The molecule has 0 amide bonds. The first-order valence-electron chi connectivity index (χ1n) is 4.26. The molecule has 0 atom stereocenters. The Balaban J connectivity index is 2.36. The Hall–Kier alpha value is -1.61. The summed E-state index contributed by atoms with van der Waals surface area (Å²) in [6.07, 6.45) is 0. The molecule has 1 heterocycles. The first-order chi connectivity index (χ1) is 8.09. The summed E-state index contributed by atoms with van der Waals surface area (Å²) in [5.74, 6) is -0.643. The fourth-order valence-electron chi connectivity index (χ4n) is 1.06. The maximum Gasteiger partial charge on any atom is 0.314 e. The van der Waals surface area contributed by atoms with Crippen LogP contribution in [0.4, 0.5) is 5.69 Å². The molecule has 0 unspecified atom stereocenters. The van der Waals surface area contributed by atoms with Gasteiger partial charge < -0.3 is 9.63 Å². The number of halogens is 1. The van der Waals surface area contributed by atoms with Gasteiger partial charge in [-0.1, -0.05) is 12.1 Å². The Morgan fingerprint density at radius 2 is 2.18 bits per heavy atom. The zero-order chi connectivity index (χ0) is 12.4. The predicted octanol–water partition coefficient (Wildman–Crippen LogP) is 1.26. The number of aromatic nitrogens is 2. The minimum atomic E-state index is -0.643. The molecule has 7 nitrogen and oxygen atoms in total. The van der Waals surface area contributed by atoms with Crippen molar-refractivity contribution in [1.82, 2.24) is 5.27 Å². The lowest BCUT2D eigenvalue weighted by Crippen LogP contribution is -2.28. The molecule has 1 aromatic heterocycles. The smallest absolute Gasteiger partial charge is 0.314 e. The third-order valence-corrected chi connectivity index (χ3v) is 3.64. The molecule has 0 radical (unpaired) electrons. The van der Waals surface area contributed by atoms with Gasteiger partial charge in [0.1, 0.15) is 0 Å². The molecule has 0 bridgehead atoms. The lowest BCUT2D eigenvalue weighted by Gasteiger charge is -1.94. The molecule has 9 heteroatoms. The van der Waals surface area contributed by atoms with Crippen molar-refractivity contribution < 1.29 is 18.6 Å². The fraction of sp³-hybridized carbons (Fsp3) is 0. The van der Waals surface area contributed by atoms with E-state index < -0.39 is 10.9 Å². The summed E-state index contributed by atoms with van der Waals surface area (Å²) in [5, 5.41) is 25.2. The normalized spacial score (nSPS) is 10.4.